The molecule has 2 fully saturated rings. The lowest BCUT2D eigenvalue weighted by Crippen LogP contribution is -2.48. The van der Waals surface area contributed by atoms with Crippen molar-refractivity contribution in [3.63, 3.8) is 0 Å². The van der Waals surface area contributed by atoms with Gasteiger partial charge in [0.1, 0.15) is 5.75 Å². The Morgan fingerprint density at radius 3 is 2.95 bits per heavy atom. The Morgan fingerprint density at radius 2 is 2.23 bits per heavy atom. The number of fused-ring (bicyclic) bond motifs is 2. The SMILES string of the molecule is O=C(NC1CC2CNC1C2)c1ncc(-c2ccccc2O)o1. The van der Waals surface area contributed by atoms with E-state index < -0.39 is 0 Å². The molecule has 22 heavy (non-hydrogen) atoms. The highest BCUT2D eigenvalue weighted by Gasteiger charge is 2.40. The van der Waals surface area contributed by atoms with Crippen molar-refractivity contribution in [2.45, 2.75) is 24.9 Å². The zero-order valence-electron chi connectivity index (χ0n) is 12.0. The monoisotopic (exact) mass is 299 g/mol. The number of piperidine rings is 1. The first-order valence-corrected chi connectivity index (χ1v) is 7.49. The van der Waals surface area contributed by atoms with E-state index in [1.54, 1.807) is 24.3 Å². The number of aromatic nitrogens is 1. The van der Waals surface area contributed by atoms with Gasteiger partial charge in [0.05, 0.1) is 11.8 Å². The maximum absolute atomic E-state index is 12.2. The zero-order chi connectivity index (χ0) is 15.1. The molecule has 3 N–H and O–H groups in total. The first kappa shape index (κ1) is 13.3. The molecule has 4 rings (SSSR count). The predicted molar refractivity (Wildman–Crippen MR) is 79.4 cm³/mol. The molecule has 3 atom stereocenters. The average Bonchev–Trinajstić information content (AvgIpc) is 3.24. The quantitative estimate of drug-likeness (QED) is 0.800. The number of amides is 1. The van der Waals surface area contributed by atoms with Crippen molar-refractivity contribution in [3.8, 4) is 17.1 Å². The van der Waals surface area contributed by atoms with Crippen LogP contribution < -0.4 is 10.6 Å². The van der Waals surface area contributed by atoms with Crippen LogP contribution in [0.5, 0.6) is 5.75 Å². The fourth-order valence-electron chi connectivity index (χ4n) is 3.43. The van der Waals surface area contributed by atoms with E-state index in [0.29, 0.717) is 23.3 Å². The van der Waals surface area contributed by atoms with Crippen molar-refractivity contribution in [2.24, 2.45) is 5.92 Å². The van der Waals surface area contributed by atoms with E-state index in [1.807, 2.05) is 0 Å². The first-order valence-electron chi connectivity index (χ1n) is 7.49. The highest BCUT2D eigenvalue weighted by atomic mass is 16.4. The molecule has 2 bridgehead atoms. The molecule has 2 aromatic rings. The number of carbonyl (C=O) groups excluding carboxylic acids is 1. The van der Waals surface area contributed by atoms with Crippen molar-refractivity contribution in [2.75, 3.05) is 6.54 Å². The van der Waals surface area contributed by atoms with Crippen molar-refractivity contribution in [1.29, 1.82) is 0 Å². The minimum Gasteiger partial charge on any atom is -0.507 e. The average molecular weight is 299 g/mol. The molecular weight excluding hydrogens is 282 g/mol. The summed E-state index contributed by atoms with van der Waals surface area (Å²) in [5.74, 6) is 0.871. The molecule has 1 amide bonds. The first-order chi connectivity index (χ1) is 10.7. The summed E-state index contributed by atoms with van der Waals surface area (Å²) in [6.45, 7) is 1.05. The van der Waals surface area contributed by atoms with Gasteiger partial charge in [0, 0.05) is 12.1 Å². The molecule has 0 radical (unpaired) electrons. The van der Waals surface area contributed by atoms with Gasteiger partial charge in [-0.3, -0.25) is 4.79 Å². The Labute approximate surface area is 127 Å². The summed E-state index contributed by atoms with van der Waals surface area (Å²) in [6, 6.07) is 7.31. The van der Waals surface area contributed by atoms with Crippen LogP contribution in [-0.4, -0.2) is 34.6 Å². The van der Waals surface area contributed by atoms with E-state index in [0.717, 1.165) is 19.4 Å². The lowest BCUT2D eigenvalue weighted by Gasteiger charge is -2.23. The van der Waals surface area contributed by atoms with Crippen LogP contribution in [0.4, 0.5) is 0 Å². The van der Waals surface area contributed by atoms with Gasteiger partial charge in [0.15, 0.2) is 5.76 Å². The van der Waals surface area contributed by atoms with Gasteiger partial charge in [-0.25, -0.2) is 4.98 Å². The Bertz CT molecular complexity index is 712. The van der Waals surface area contributed by atoms with Gasteiger partial charge in [-0.05, 0) is 37.4 Å². The number of para-hydroxylation sites is 1. The molecule has 1 aliphatic heterocycles. The van der Waals surface area contributed by atoms with Crippen LogP contribution in [0.2, 0.25) is 0 Å². The van der Waals surface area contributed by atoms with Crippen LogP contribution in [0.1, 0.15) is 23.5 Å². The number of nitrogens with zero attached hydrogens (tertiary/aromatic N) is 1. The Hall–Kier alpha value is -2.34. The molecule has 1 aliphatic carbocycles. The highest BCUT2D eigenvalue weighted by Crippen LogP contribution is 2.32. The van der Waals surface area contributed by atoms with E-state index in [9.17, 15) is 9.90 Å². The number of phenolic OH excluding ortho intramolecular Hbond substituents is 1. The molecule has 3 unspecified atom stereocenters. The number of carbonyl (C=O) groups is 1. The number of hydrogen-bond acceptors (Lipinski definition) is 5. The van der Waals surface area contributed by atoms with E-state index in [4.69, 9.17) is 4.42 Å². The number of oxazole rings is 1. The topological polar surface area (TPSA) is 87.4 Å². The molecule has 6 nitrogen and oxygen atoms in total. The molecule has 1 saturated heterocycles. The van der Waals surface area contributed by atoms with E-state index in [-0.39, 0.29) is 23.6 Å². The van der Waals surface area contributed by atoms with Gasteiger partial charge in [-0.15, -0.1) is 0 Å². The number of phenols is 1. The summed E-state index contributed by atoms with van der Waals surface area (Å²) in [5.41, 5.74) is 0.524. The maximum Gasteiger partial charge on any atom is 0.307 e. The molecule has 2 heterocycles. The molecule has 114 valence electrons. The third kappa shape index (κ3) is 2.25. The molecule has 2 aliphatic rings. The number of nitrogens with one attached hydrogen (secondary N) is 2. The van der Waals surface area contributed by atoms with Gasteiger partial charge in [-0.2, -0.15) is 0 Å². The van der Waals surface area contributed by atoms with Crippen molar-refractivity contribution >= 4 is 5.91 Å². The molecule has 1 saturated carbocycles. The van der Waals surface area contributed by atoms with Gasteiger partial charge in [0.2, 0.25) is 0 Å². The van der Waals surface area contributed by atoms with Crippen LogP contribution >= 0.6 is 0 Å². The smallest absolute Gasteiger partial charge is 0.307 e. The number of hydrogen-bond donors (Lipinski definition) is 3. The Morgan fingerprint density at radius 1 is 1.36 bits per heavy atom. The molecule has 1 aromatic carbocycles. The van der Waals surface area contributed by atoms with Crippen LogP contribution in [0.25, 0.3) is 11.3 Å². The second-order valence-corrected chi connectivity index (χ2v) is 5.98. The second-order valence-electron chi connectivity index (χ2n) is 5.98. The van der Waals surface area contributed by atoms with Crippen molar-refractivity contribution in [1.82, 2.24) is 15.6 Å². The van der Waals surface area contributed by atoms with E-state index >= 15 is 0 Å². The molecule has 1 aromatic heterocycles. The van der Waals surface area contributed by atoms with E-state index in [2.05, 4.69) is 15.6 Å². The van der Waals surface area contributed by atoms with Gasteiger partial charge >= 0.3 is 5.91 Å². The second kappa shape index (κ2) is 5.14. The number of rotatable bonds is 3. The minimum absolute atomic E-state index is 0.0287. The molecule has 6 heteroatoms. The Balaban J connectivity index is 1.49. The van der Waals surface area contributed by atoms with Crippen LogP contribution in [0, 0.1) is 5.92 Å². The van der Waals surface area contributed by atoms with E-state index in [1.165, 1.54) is 6.20 Å². The normalized spacial score (nSPS) is 26.3. The van der Waals surface area contributed by atoms with Gasteiger partial charge in [-0.1, -0.05) is 12.1 Å². The molecule has 0 spiro atoms. The van der Waals surface area contributed by atoms with Crippen LogP contribution in [-0.2, 0) is 0 Å². The fourth-order valence-corrected chi connectivity index (χ4v) is 3.43. The summed E-state index contributed by atoms with van der Waals surface area (Å²) in [4.78, 5) is 16.3. The standard InChI is InChI=1S/C16H17N3O3/c20-13-4-2-1-3-10(13)14-8-18-16(22-14)15(21)19-12-6-9-5-11(12)17-7-9/h1-4,8-9,11-12,17,20H,5-7H2,(H,19,21). The predicted octanol–water partition coefficient (Wildman–Crippen LogP) is 1.53. The summed E-state index contributed by atoms with van der Waals surface area (Å²) < 4.78 is 5.50. The van der Waals surface area contributed by atoms with Crippen LogP contribution in [0.3, 0.4) is 0 Å². The summed E-state index contributed by atoms with van der Waals surface area (Å²) in [6.07, 6.45) is 3.60. The maximum atomic E-state index is 12.2. The van der Waals surface area contributed by atoms with Crippen molar-refractivity contribution < 1.29 is 14.3 Å². The fraction of sp³-hybridized carbons (Fsp3) is 0.375. The van der Waals surface area contributed by atoms with Gasteiger partial charge < -0.3 is 20.2 Å². The Kier molecular flexibility index (Phi) is 3.11. The summed E-state index contributed by atoms with van der Waals surface area (Å²) in [5, 5.41) is 16.2. The zero-order valence-corrected chi connectivity index (χ0v) is 12.0. The number of aromatic hydroxyl groups is 1. The third-order valence-electron chi connectivity index (χ3n) is 4.51. The lowest BCUT2D eigenvalue weighted by molar-refractivity contribution is 0.0894. The lowest BCUT2D eigenvalue weighted by atomic mass is 10.1. The minimum atomic E-state index is -0.305. The number of benzene rings is 1. The third-order valence-corrected chi connectivity index (χ3v) is 4.51. The summed E-state index contributed by atoms with van der Waals surface area (Å²) in [7, 11) is 0. The summed E-state index contributed by atoms with van der Waals surface area (Å²) >= 11 is 0. The van der Waals surface area contributed by atoms with Gasteiger partial charge in [0.25, 0.3) is 5.89 Å². The van der Waals surface area contributed by atoms with Crippen LogP contribution in [0.15, 0.2) is 34.9 Å². The molecular formula is C16H17N3O3. The van der Waals surface area contributed by atoms with Crippen molar-refractivity contribution in [3.05, 3.63) is 36.4 Å². The largest absolute Gasteiger partial charge is 0.507 e. The highest BCUT2D eigenvalue weighted by molar-refractivity contribution is 5.90.